The van der Waals surface area contributed by atoms with Crippen LogP contribution in [0.5, 0.6) is 0 Å². The summed E-state index contributed by atoms with van der Waals surface area (Å²) < 4.78 is 2.25. The van der Waals surface area contributed by atoms with E-state index in [0.29, 0.717) is 0 Å². The highest BCUT2D eigenvalue weighted by atomic mass is 15.1. The molecule has 1 aromatic heterocycles. The van der Waals surface area contributed by atoms with Crippen molar-refractivity contribution in [2.75, 3.05) is 0 Å². The van der Waals surface area contributed by atoms with Crippen LogP contribution in [0.1, 0.15) is 37.0 Å². The van der Waals surface area contributed by atoms with Gasteiger partial charge >= 0.3 is 0 Å². The molecule has 0 bridgehead atoms. The summed E-state index contributed by atoms with van der Waals surface area (Å²) in [4.78, 5) is 4.62. The molecule has 1 aliphatic rings. The van der Waals surface area contributed by atoms with Crippen LogP contribution in [0.2, 0.25) is 0 Å². The molecule has 0 radical (unpaired) electrons. The predicted octanol–water partition coefficient (Wildman–Crippen LogP) is 1.64. The Bertz CT molecular complexity index is 405. The third-order valence-electron chi connectivity index (χ3n) is 3.41. The topological polar surface area (TPSA) is 67.7 Å². The van der Waals surface area contributed by atoms with Gasteiger partial charge in [0.15, 0.2) is 0 Å². The molecule has 3 N–H and O–H groups in total. The van der Waals surface area contributed by atoms with Gasteiger partial charge in [-0.15, -0.1) is 0 Å². The Morgan fingerprint density at radius 1 is 1.50 bits per heavy atom. The smallest absolute Gasteiger partial charge is 0.106 e. The lowest BCUT2D eigenvalue weighted by Crippen LogP contribution is -2.25. The van der Waals surface area contributed by atoms with Crippen molar-refractivity contribution in [3.05, 3.63) is 17.2 Å². The molecule has 16 heavy (non-hydrogen) atoms. The highest BCUT2D eigenvalue weighted by molar-refractivity contribution is 5.79. The van der Waals surface area contributed by atoms with Gasteiger partial charge in [0, 0.05) is 18.2 Å². The maximum Gasteiger partial charge on any atom is 0.106 e. The highest BCUT2D eigenvalue weighted by Crippen LogP contribution is 2.22. The molecule has 4 nitrogen and oxygen atoms in total. The summed E-state index contributed by atoms with van der Waals surface area (Å²) in [6.45, 7) is 4.84. The standard InChI is InChI=1S/C12H20N4/c1-8(12(13)14)7-16-9(2)15-10-5-3-4-6-11(10)16/h8H,3-7H2,1-2H3,(H3,13,14). The summed E-state index contributed by atoms with van der Waals surface area (Å²) in [5.41, 5.74) is 8.16. The van der Waals surface area contributed by atoms with Crippen LogP contribution in [0.4, 0.5) is 0 Å². The fourth-order valence-corrected chi connectivity index (χ4v) is 2.35. The number of nitrogens with zero attached hydrogens (tertiary/aromatic N) is 2. The first-order chi connectivity index (χ1) is 7.59. The largest absolute Gasteiger partial charge is 0.387 e. The third-order valence-corrected chi connectivity index (χ3v) is 3.41. The van der Waals surface area contributed by atoms with E-state index in [0.717, 1.165) is 25.2 Å². The van der Waals surface area contributed by atoms with Crippen molar-refractivity contribution in [1.29, 1.82) is 5.41 Å². The first-order valence-corrected chi connectivity index (χ1v) is 5.98. The van der Waals surface area contributed by atoms with Gasteiger partial charge in [0.25, 0.3) is 0 Å². The monoisotopic (exact) mass is 220 g/mol. The fraction of sp³-hybridized carbons (Fsp3) is 0.667. The lowest BCUT2D eigenvalue weighted by Gasteiger charge is -2.17. The van der Waals surface area contributed by atoms with Crippen molar-refractivity contribution in [3.8, 4) is 0 Å². The van der Waals surface area contributed by atoms with Gasteiger partial charge in [-0.25, -0.2) is 4.98 Å². The van der Waals surface area contributed by atoms with Gasteiger partial charge in [-0.1, -0.05) is 6.92 Å². The molecule has 0 aliphatic heterocycles. The first-order valence-electron chi connectivity index (χ1n) is 5.98. The number of aryl methyl sites for hydroxylation is 2. The molecule has 0 saturated heterocycles. The van der Waals surface area contributed by atoms with Crippen LogP contribution >= 0.6 is 0 Å². The number of nitrogens with one attached hydrogen (secondary N) is 1. The summed E-state index contributed by atoms with van der Waals surface area (Å²) in [6.07, 6.45) is 4.75. The van der Waals surface area contributed by atoms with Crippen molar-refractivity contribution >= 4 is 5.84 Å². The quantitative estimate of drug-likeness (QED) is 0.600. The Labute approximate surface area is 96.4 Å². The maximum absolute atomic E-state index is 7.46. The lowest BCUT2D eigenvalue weighted by atomic mass is 10.0. The van der Waals surface area contributed by atoms with Crippen molar-refractivity contribution in [2.45, 2.75) is 46.1 Å². The van der Waals surface area contributed by atoms with E-state index < -0.39 is 0 Å². The molecule has 0 amide bonds. The SMILES string of the molecule is Cc1nc2c(n1CC(C)C(=N)N)CCCC2. The van der Waals surface area contributed by atoms with E-state index in [1.165, 1.54) is 24.2 Å². The average Bonchev–Trinajstić information content (AvgIpc) is 2.55. The van der Waals surface area contributed by atoms with E-state index in [-0.39, 0.29) is 11.8 Å². The van der Waals surface area contributed by atoms with E-state index in [4.69, 9.17) is 11.1 Å². The van der Waals surface area contributed by atoms with Crippen molar-refractivity contribution in [3.63, 3.8) is 0 Å². The number of hydrogen-bond donors (Lipinski definition) is 2. The molecule has 1 atom stereocenters. The van der Waals surface area contributed by atoms with E-state index in [1.54, 1.807) is 0 Å². The number of hydrogen-bond acceptors (Lipinski definition) is 2. The number of fused-ring (bicyclic) bond motifs is 1. The molecular formula is C12H20N4. The van der Waals surface area contributed by atoms with Gasteiger partial charge in [-0.2, -0.15) is 0 Å². The number of amidine groups is 1. The summed E-state index contributed by atoms with van der Waals surface area (Å²) >= 11 is 0. The maximum atomic E-state index is 7.46. The molecule has 0 aromatic carbocycles. The predicted molar refractivity (Wildman–Crippen MR) is 64.7 cm³/mol. The van der Waals surface area contributed by atoms with Gasteiger partial charge in [-0.05, 0) is 32.6 Å². The number of rotatable bonds is 3. The molecule has 2 rings (SSSR count). The molecule has 0 spiro atoms. The molecule has 1 aliphatic carbocycles. The second kappa shape index (κ2) is 4.28. The van der Waals surface area contributed by atoms with Crippen molar-refractivity contribution < 1.29 is 0 Å². The Balaban J connectivity index is 2.26. The van der Waals surface area contributed by atoms with Gasteiger partial charge in [-0.3, -0.25) is 5.41 Å². The Morgan fingerprint density at radius 2 is 2.19 bits per heavy atom. The molecule has 0 saturated carbocycles. The number of nitrogens with two attached hydrogens (primary N) is 1. The first kappa shape index (κ1) is 11.2. The van der Waals surface area contributed by atoms with Crippen molar-refractivity contribution in [2.24, 2.45) is 11.7 Å². The van der Waals surface area contributed by atoms with E-state index in [1.807, 2.05) is 13.8 Å². The van der Waals surface area contributed by atoms with E-state index >= 15 is 0 Å². The minimum absolute atomic E-state index is 0.0962. The van der Waals surface area contributed by atoms with Crippen LogP contribution < -0.4 is 5.73 Å². The molecular weight excluding hydrogens is 200 g/mol. The molecule has 1 heterocycles. The van der Waals surface area contributed by atoms with Crippen LogP contribution in [-0.4, -0.2) is 15.4 Å². The summed E-state index contributed by atoms with van der Waals surface area (Å²) in [5, 5.41) is 7.46. The second-order valence-corrected chi connectivity index (χ2v) is 4.73. The minimum atomic E-state index is 0.0962. The zero-order valence-corrected chi connectivity index (χ0v) is 10.1. The Hall–Kier alpha value is -1.32. The molecule has 88 valence electrons. The lowest BCUT2D eigenvalue weighted by molar-refractivity contribution is 0.541. The molecule has 1 aromatic rings. The molecule has 4 heteroatoms. The van der Waals surface area contributed by atoms with E-state index in [9.17, 15) is 0 Å². The number of aromatic nitrogens is 2. The molecule has 1 unspecified atom stereocenters. The van der Waals surface area contributed by atoms with Gasteiger partial charge in [0.2, 0.25) is 0 Å². The second-order valence-electron chi connectivity index (χ2n) is 4.73. The summed E-state index contributed by atoms with van der Waals surface area (Å²) in [6, 6.07) is 0. The van der Waals surface area contributed by atoms with Crippen LogP contribution in [-0.2, 0) is 19.4 Å². The number of imidazole rings is 1. The van der Waals surface area contributed by atoms with Gasteiger partial charge < -0.3 is 10.3 Å². The van der Waals surface area contributed by atoms with Crippen LogP contribution in [0.15, 0.2) is 0 Å². The third kappa shape index (κ3) is 1.96. The van der Waals surface area contributed by atoms with Crippen LogP contribution in [0.3, 0.4) is 0 Å². The van der Waals surface area contributed by atoms with Crippen molar-refractivity contribution in [1.82, 2.24) is 9.55 Å². The van der Waals surface area contributed by atoms with Gasteiger partial charge in [0.1, 0.15) is 5.82 Å². The molecule has 0 fully saturated rings. The minimum Gasteiger partial charge on any atom is -0.387 e. The zero-order chi connectivity index (χ0) is 11.7. The highest BCUT2D eigenvalue weighted by Gasteiger charge is 2.19. The van der Waals surface area contributed by atoms with E-state index in [2.05, 4.69) is 9.55 Å². The summed E-state index contributed by atoms with van der Waals surface area (Å²) in [7, 11) is 0. The fourth-order valence-electron chi connectivity index (χ4n) is 2.35. The Kier molecular flexibility index (Phi) is 2.99. The normalized spacial score (nSPS) is 16.9. The van der Waals surface area contributed by atoms with Gasteiger partial charge in [0.05, 0.1) is 11.5 Å². The van der Waals surface area contributed by atoms with Crippen LogP contribution in [0, 0.1) is 18.3 Å². The zero-order valence-electron chi connectivity index (χ0n) is 10.1. The van der Waals surface area contributed by atoms with Crippen LogP contribution in [0.25, 0.3) is 0 Å². The summed E-state index contributed by atoms with van der Waals surface area (Å²) in [5.74, 6) is 1.43. The Morgan fingerprint density at radius 3 is 2.88 bits per heavy atom. The average molecular weight is 220 g/mol.